The number of nitrogens with zero attached hydrogens (tertiary/aromatic N) is 1. The molecule has 100 valence electrons. The number of aryl methyl sites for hydroxylation is 1. The van der Waals surface area contributed by atoms with Gasteiger partial charge in [0, 0.05) is 24.7 Å². The molecule has 3 rings (SSSR count). The first-order valence-electron chi connectivity index (χ1n) is 6.92. The highest BCUT2D eigenvalue weighted by molar-refractivity contribution is 5.81. The van der Waals surface area contributed by atoms with E-state index in [1.807, 2.05) is 12.3 Å². The van der Waals surface area contributed by atoms with Gasteiger partial charge in [-0.2, -0.15) is 0 Å². The molecular formula is C18H18N2. The summed E-state index contributed by atoms with van der Waals surface area (Å²) in [7, 11) is 0. The number of aromatic nitrogens is 1. The van der Waals surface area contributed by atoms with Crippen LogP contribution in [0.1, 0.15) is 16.7 Å². The SMILES string of the molecule is Cc1ccccc1CNCc1cccc2cccnc12. The van der Waals surface area contributed by atoms with Crippen molar-refractivity contribution in [1.82, 2.24) is 10.3 Å². The van der Waals surface area contributed by atoms with Gasteiger partial charge in [-0.05, 0) is 29.7 Å². The Morgan fingerprint density at radius 1 is 0.850 bits per heavy atom. The van der Waals surface area contributed by atoms with Crippen LogP contribution in [0.3, 0.4) is 0 Å². The molecular weight excluding hydrogens is 244 g/mol. The molecule has 20 heavy (non-hydrogen) atoms. The lowest BCUT2D eigenvalue weighted by Crippen LogP contribution is -2.13. The van der Waals surface area contributed by atoms with Crippen LogP contribution in [-0.2, 0) is 13.1 Å². The second-order valence-electron chi connectivity index (χ2n) is 5.02. The van der Waals surface area contributed by atoms with E-state index in [1.165, 1.54) is 22.1 Å². The molecule has 0 aliphatic carbocycles. The minimum absolute atomic E-state index is 0.836. The molecule has 2 heteroatoms. The van der Waals surface area contributed by atoms with Crippen molar-refractivity contribution >= 4 is 10.9 Å². The lowest BCUT2D eigenvalue weighted by Gasteiger charge is -2.09. The van der Waals surface area contributed by atoms with Gasteiger partial charge >= 0.3 is 0 Å². The van der Waals surface area contributed by atoms with Crippen LogP contribution in [0.4, 0.5) is 0 Å². The molecule has 3 aromatic rings. The zero-order chi connectivity index (χ0) is 13.8. The standard InChI is InChI=1S/C18H18N2/c1-14-6-2-3-7-16(14)12-19-13-17-9-4-8-15-10-5-11-20-18(15)17/h2-11,19H,12-13H2,1H3. The Morgan fingerprint density at radius 3 is 2.50 bits per heavy atom. The van der Waals surface area contributed by atoms with Gasteiger partial charge in [-0.1, -0.05) is 48.5 Å². The van der Waals surface area contributed by atoms with Crippen LogP contribution < -0.4 is 5.32 Å². The molecule has 0 fully saturated rings. The van der Waals surface area contributed by atoms with Gasteiger partial charge in [0.1, 0.15) is 0 Å². The monoisotopic (exact) mass is 262 g/mol. The minimum atomic E-state index is 0.836. The number of pyridine rings is 1. The number of rotatable bonds is 4. The highest BCUT2D eigenvalue weighted by Crippen LogP contribution is 2.16. The fraction of sp³-hybridized carbons (Fsp3) is 0.167. The molecule has 0 unspecified atom stereocenters. The number of hydrogen-bond donors (Lipinski definition) is 1. The number of benzene rings is 2. The van der Waals surface area contributed by atoms with Crippen molar-refractivity contribution in [2.24, 2.45) is 0 Å². The highest BCUT2D eigenvalue weighted by atomic mass is 14.9. The molecule has 1 N–H and O–H groups in total. The molecule has 0 bridgehead atoms. The Bertz CT molecular complexity index is 714. The predicted molar refractivity (Wildman–Crippen MR) is 83.5 cm³/mol. The normalized spacial score (nSPS) is 10.8. The smallest absolute Gasteiger partial charge is 0.0746 e. The molecule has 0 saturated carbocycles. The first-order chi connectivity index (χ1) is 9.84. The maximum absolute atomic E-state index is 4.48. The van der Waals surface area contributed by atoms with Gasteiger partial charge in [0.25, 0.3) is 0 Å². The molecule has 1 aromatic heterocycles. The number of para-hydroxylation sites is 1. The average molecular weight is 262 g/mol. The summed E-state index contributed by atoms with van der Waals surface area (Å²) < 4.78 is 0. The van der Waals surface area contributed by atoms with Crippen LogP contribution in [-0.4, -0.2) is 4.98 Å². The van der Waals surface area contributed by atoms with E-state index in [4.69, 9.17) is 0 Å². The number of fused-ring (bicyclic) bond motifs is 1. The number of hydrogen-bond acceptors (Lipinski definition) is 2. The van der Waals surface area contributed by atoms with E-state index in [0.29, 0.717) is 0 Å². The van der Waals surface area contributed by atoms with Crippen molar-refractivity contribution in [2.75, 3.05) is 0 Å². The third-order valence-electron chi connectivity index (χ3n) is 3.61. The van der Waals surface area contributed by atoms with Gasteiger partial charge in [-0.15, -0.1) is 0 Å². The van der Waals surface area contributed by atoms with Crippen molar-refractivity contribution < 1.29 is 0 Å². The van der Waals surface area contributed by atoms with E-state index >= 15 is 0 Å². The highest BCUT2D eigenvalue weighted by Gasteiger charge is 2.02. The van der Waals surface area contributed by atoms with Crippen molar-refractivity contribution in [3.8, 4) is 0 Å². The van der Waals surface area contributed by atoms with Crippen LogP contribution in [0, 0.1) is 6.92 Å². The first kappa shape index (κ1) is 12.8. The van der Waals surface area contributed by atoms with E-state index in [-0.39, 0.29) is 0 Å². The van der Waals surface area contributed by atoms with Gasteiger partial charge in [0.05, 0.1) is 5.52 Å². The van der Waals surface area contributed by atoms with Gasteiger partial charge in [0.15, 0.2) is 0 Å². The molecule has 1 heterocycles. The molecule has 2 aromatic carbocycles. The zero-order valence-corrected chi connectivity index (χ0v) is 11.6. The van der Waals surface area contributed by atoms with Gasteiger partial charge in [-0.3, -0.25) is 4.98 Å². The topological polar surface area (TPSA) is 24.9 Å². The molecule has 0 aliphatic rings. The Labute approximate surface area is 119 Å². The Hall–Kier alpha value is -2.19. The van der Waals surface area contributed by atoms with Crippen molar-refractivity contribution in [3.05, 3.63) is 77.5 Å². The lowest BCUT2D eigenvalue weighted by atomic mass is 10.1. The fourth-order valence-corrected chi connectivity index (χ4v) is 2.45. The maximum Gasteiger partial charge on any atom is 0.0746 e. The minimum Gasteiger partial charge on any atom is -0.309 e. The molecule has 0 atom stereocenters. The Morgan fingerprint density at radius 2 is 1.60 bits per heavy atom. The van der Waals surface area contributed by atoms with E-state index in [2.05, 4.69) is 65.8 Å². The summed E-state index contributed by atoms with van der Waals surface area (Å²) in [5.74, 6) is 0. The second-order valence-corrected chi connectivity index (χ2v) is 5.02. The molecule has 0 aliphatic heterocycles. The summed E-state index contributed by atoms with van der Waals surface area (Å²) in [5, 5.41) is 4.71. The largest absolute Gasteiger partial charge is 0.309 e. The molecule has 0 radical (unpaired) electrons. The van der Waals surface area contributed by atoms with Crippen LogP contribution in [0.2, 0.25) is 0 Å². The van der Waals surface area contributed by atoms with Gasteiger partial charge < -0.3 is 5.32 Å². The summed E-state index contributed by atoms with van der Waals surface area (Å²) in [5.41, 5.74) is 5.01. The summed E-state index contributed by atoms with van der Waals surface area (Å²) in [6, 6.07) is 18.9. The van der Waals surface area contributed by atoms with Crippen LogP contribution in [0.15, 0.2) is 60.8 Å². The summed E-state index contributed by atoms with van der Waals surface area (Å²) in [6.07, 6.45) is 1.85. The summed E-state index contributed by atoms with van der Waals surface area (Å²) in [4.78, 5) is 4.48. The number of nitrogens with one attached hydrogen (secondary N) is 1. The predicted octanol–water partition coefficient (Wildman–Crippen LogP) is 3.83. The zero-order valence-electron chi connectivity index (χ0n) is 11.6. The first-order valence-corrected chi connectivity index (χ1v) is 6.92. The Kier molecular flexibility index (Phi) is 3.75. The van der Waals surface area contributed by atoms with Gasteiger partial charge in [-0.25, -0.2) is 0 Å². The maximum atomic E-state index is 4.48. The van der Waals surface area contributed by atoms with Crippen LogP contribution >= 0.6 is 0 Å². The molecule has 0 saturated heterocycles. The van der Waals surface area contributed by atoms with Crippen LogP contribution in [0.5, 0.6) is 0 Å². The third-order valence-corrected chi connectivity index (χ3v) is 3.61. The van der Waals surface area contributed by atoms with E-state index in [1.54, 1.807) is 0 Å². The van der Waals surface area contributed by atoms with Crippen molar-refractivity contribution in [2.45, 2.75) is 20.0 Å². The molecule has 0 spiro atoms. The summed E-state index contributed by atoms with van der Waals surface area (Å²) in [6.45, 7) is 3.87. The van der Waals surface area contributed by atoms with Crippen molar-refractivity contribution in [1.29, 1.82) is 0 Å². The third kappa shape index (κ3) is 2.70. The van der Waals surface area contributed by atoms with Gasteiger partial charge in [0.2, 0.25) is 0 Å². The average Bonchev–Trinajstić information content (AvgIpc) is 2.49. The van der Waals surface area contributed by atoms with Crippen LogP contribution in [0.25, 0.3) is 10.9 Å². The molecule has 0 amide bonds. The van der Waals surface area contributed by atoms with E-state index in [9.17, 15) is 0 Å². The Balaban J connectivity index is 1.73. The quantitative estimate of drug-likeness (QED) is 0.773. The summed E-state index contributed by atoms with van der Waals surface area (Å²) >= 11 is 0. The van der Waals surface area contributed by atoms with E-state index < -0.39 is 0 Å². The second kappa shape index (κ2) is 5.85. The lowest BCUT2D eigenvalue weighted by molar-refractivity contribution is 0.693. The fourth-order valence-electron chi connectivity index (χ4n) is 2.45. The molecule has 2 nitrogen and oxygen atoms in total. The van der Waals surface area contributed by atoms with Crippen molar-refractivity contribution in [3.63, 3.8) is 0 Å². The van der Waals surface area contributed by atoms with E-state index in [0.717, 1.165) is 18.6 Å².